The predicted molar refractivity (Wildman–Crippen MR) is 94.9 cm³/mol. The summed E-state index contributed by atoms with van der Waals surface area (Å²) in [4.78, 5) is 0. The van der Waals surface area contributed by atoms with Crippen LogP contribution in [0.15, 0.2) is 72.8 Å². The Labute approximate surface area is 140 Å². The molecule has 0 aliphatic carbocycles. The number of alkyl halides is 1. The minimum atomic E-state index is -0.294. The highest BCUT2D eigenvalue weighted by atomic mass is 35.5. The summed E-state index contributed by atoms with van der Waals surface area (Å²) < 4.78 is 0. The zero-order valence-corrected chi connectivity index (χ0v) is 13.3. The van der Waals surface area contributed by atoms with E-state index in [1.807, 2.05) is 18.2 Å². The van der Waals surface area contributed by atoms with E-state index < -0.39 is 0 Å². The SMILES string of the molecule is ClC1NC(c2ccccc2)NC(c2ccc3ccccc3c2)N1. The lowest BCUT2D eigenvalue weighted by molar-refractivity contribution is 0.246. The van der Waals surface area contributed by atoms with Crippen LogP contribution in [0.3, 0.4) is 0 Å². The molecule has 1 heterocycles. The van der Waals surface area contributed by atoms with Crippen LogP contribution in [-0.4, -0.2) is 5.62 Å². The van der Waals surface area contributed by atoms with Gasteiger partial charge in [-0.15, -0.1) is 0 Å². The van der Waals surface area contributed by atoms with Crippen LogP contribution in [0.4, 0.5) is 0 Å². The van der Waals surface area contributed by atoms with E-state index in [9.17, 15) is 0 Å². The third kappa shape index (κ3) is 3.09. The molecule has 1 aliphatic heterocycles. The summed E-state index contributed by atoms with van der Waals surface area (Å²) in [5, 5.41) is 12.7. The second-order valence-electron chi connectivity index (χ2n) is 5.75. The molecule has 1 fully saturated rings. The van der Waals surface area contributed by atoms with Crippen LogP contribution >= 0.6 is 11.6 Å². The number of rotatable bonds is 2. The highest BCUT2D eigenvalue weighted by Crippen LogP contribution is 2.24. The second kappa shape index (κ2) is 6.30. The molecule has 3 N–H and O–H groups in total. The molecule has 3 atom stereocenters. The molecule has 0 aromatic heterocycles. The Kier molecular flexibility index (Phi) is 4.02. The van der Waals surface area contributed by atoms with Gasteiger partial charge in [0, 0.05) is 0 Å². The maximum Gasteiger partial charge on any atom is 0.138 e. The number of hydrogen-bond donors (Lipinski definition) is 3. The molecule has 0 spiro atoms. The topological polar surface area (TPSA) is 36.1 Å². The summed E-state index contributed by atoms with van der Waals surface area (Å²) in [6.07, 6.45) is 0.00461. The van der Waals surface area contributed by atoms with E-state index in [1.54, 1.807) is 0 Å². The van der Waals surface area contributed by atoms with Gasteiger partial charge < -0.3 is 0 Å². The van der Waals surface area contributed by atoms with E-state index in [0.717, 1.165) is 0 Å². The third-order valence-corrected chi connectivity index (χ3v) is 4.45. The molecule has 4 heteroatoms. The third-order valence-electron chi connectivity index (χ3n) is 4.20. The van der Waals surface area contributed by atoms with Crippen LogP contribution in [0.2, 0.25) is 0 Å². The van der Waals surface area contributed by atoms with Crippen molar-refractivity contribution in [3.05, 3.63) is 83.9 Å². The fourth-order valence-electron chi connectivity index (χ4n) is 3.02. The van der Waals surface area contributed by atoms with Crippen LogP contribution in [0.5, 0.6) is 0 Å². The van der Waals surface area contributed by atoms with Crippen molar-refractivity contribution in [1.82, 2.24) is 16.0 Å². The largest absolute Gasteiger partial charge is 0.279 e. The molecule has 0 bridgehead atoms. The highest BCUT2D eigenvalue weighted by molar-refractivity contribution is 6.20. The number of nitrogens with one attached hydrogen (secondary N) is 3. The van der Waals surface area contributed by atoms with Crippen molar-refractivity contribution >= 4 is 22.4 Å². The van der Waals surface area contributed by atoms with E-state index in [0.29, 0.717) is 0 Å². The highest BCUT2D eigenvalue weighted by Gasteiger charge is 2.27. The molecule has 4 rings (SSSR count). The van der Waals surface area contributed by atoms with Gasteiger partial charge in [0.15, 0.2) is 0 Å². The van der Waals surface area contributed by atoms with Gasteiger partial charge in [-0.2, -0.15) is 0 Å². The van der Waals surface area contributed by atoms with Gasteiger partial charge in [0.25, 0.3) is 0 Å². The fourth-order valence-corrected chi connectivity index (χ4v) is 3.27. The summed E-state index contributed by atoms with van der Waals surface area (Å²) in [5.41, 5.74) is 2.06. The van der Waals surface area contributed by atoms with Crippen molar-refractivity contribution in [3.63, 3.8) is 0 Å². The molecule has 1 saturated heterocycles. The molecule has 1 aliphatic rings. The molecule has 116 valence electrons. The van der Waals surface area contributed by atoms with Crippen LogP contribution < -0.4 is 16.0 Å². The Morgan fingerprint density at radius 2 is 1.26 bits per heavy atom. The maximum atomic E-state index is 6.36. The van der Waals surface area contributed by atoms with E-state index in [2.05, 4.69) is 70.5 Å². The van der Waals surface area contributed by atoms with Crippen LogP contribution in [-0.2, 0) is 0 Å². The summed E-state index contributed by atoms with van der Waals surface area (Å²) in [5.74, 6) is 0. The summed E-state index contributed by atoms with van der Waals surface area (Å²) in [6.45, 7) is 0. The number of hydrogen-bond acceptors (Lipinski definition) is 3. The molecule has 3 unspecified atom stereocenters. The Morgan fingerprint density at radius 1 is 0.609 bits per heavy atom. The van der Waals surface area contributed by atoms with Gasteiger partial charge in [0.2, 0.25) is 0 Å². The molecule has 0 radical (unpaired) electrons. The lowest BCUT2D eigenvalue weighted by Gasteiger charge is -2.36. The molecular weight excluding hydrogens is 306 g/mol. The molecule has 3 aromatic carbocycles. The number of halogens is 1. The average Bonchev–Trinajstić information content (AvgIpc) is 2.61. The zero-order valence-electron chi connectivity index (χ0n) is 12.5. The van der Waals surface area contributed by atoms with Gasteiger partial charge in [-0.1, -0.05) is 78.3 Å². The fraction of sp³-hybridized carbons (Fsp3) is 0.158. The number of benzene rings is 3. The molecule has 0 saturated carbocycles. The van der Waals surface area contributed by atoms with Crippen molar-refractivity contribution in [2.75, 3.05) is 0 Å². The van der Waals surface area contributed by atoms with Gasteiger partial charge >= 0.3 is 0 Å². The first-order valence-electron chi connectivity index (χ1n) is 7.75. The first kappa shape index (κ1) is 14.7. The molecular formula is C19H18ClN3. The van der Waals surface area contributed by atoms with E-state index >= 15 is 0 Å². The van der Waals surface area contributed by atoms with Crippen molar-refractivity contribution in [2.45, 2.75) is 18.0 Å². The summed E-state index contributed by atoms with van der Waals surface area (Å²) in [7, 11) is 0. The van der Waals surface area contributed by atoms with E-state index in [1.165, 1.54) is 21.9 Å². The molecule has 0 amide bonds. The summed E-state index contributed by atoms with van der Waals surface area (Å²) >= 11 is 6.36. The average molecular weight is 324 g/mol. The van der Waals surface area contributed by atoms with Gasteiger partial charge in [0.05, 0.1) is 12.3 Å². The summed E-state index contributed by atoms with van der Waals surface area (Å²) in [6, 6.07) is 25.2. The van der Waals surface area contributed by atoms with Crippen molar-refractivity contribution in [2.24, 2.45) is 0 Å². The first-order chi connectivity index (χ1) is 11.3. The normalized spacial score (nSPS) is 24.7. The van der Waals surface area contributed by atoms with Gasteiger partial charge in [-0.25, -0.2) is 0 Å². The Hall–Kier alpha value is -1.91. The lowest BCUT2D eigenvalue weighted by Crippen LogP contribution is -2.56. The van der Waals surface area contributed by atoms with E-state index in [4.69, 9.17) is 11.6 Å². The van der Waals surface area contributed by atoms with Crippen LogP contribution in [0.25, 0.3) is 10.8 Å². The smallest absolute Gasteiger partial charge is 0.138 e. The van der Waals surface area contributed by atoms with E-state index in [-0.39, 0.29) is 18.0 Å². The Bertz CT molecular complexity index is 806. The minimum absolute atomic E-state index is 0.00596. The monoisotopic (exact) mass is 323 g/mol. The standard InChI is InChI=1S/C19H18ClN3/c20-19-22-17(14-7-2-1-3-8-14)21-18(23-19)16-11-10-13-6-4-5-9-15(13)12-16/h1-12,17-19,21-23H. The molecule has 23 heavy (non-hydrogen) atoms. The van der Waals surface area contributed by atoms with Gasteiger partial charge in [-0.3, -0.25) is 16.0 Å². The first-order valence-corrected chi connectivity index (χ1v) is 8.19. The van der Waals surface area contributed by atoms with Crippen molar-refractivity contribution < 1.29 is 0 Å². The predicted octanol–water partition coefficient (Wildman–Crippen LogP) is 3.84. The second-order valence-corrected chi connectivity index (χ2v) is 6.18. The van der Waals surface area contributed by atoms with Crippen molar-refractivity contribution in [3.8, 4) is 0 Å². The maximum absolute atomic E-state index is 6.36. The Morgan fingerprint density at radius 3 is 2.04 bits per heavy atom. The van der Waals surface area contributed by atoms with Crippen molar-refractivity contribution in [1.29, 1.82) is 0 Å². The Balaban J connectivity index is 1.64. The molecule has 3 aromatic rings. The number of fused-ring (bicyclic) bond motifs is 1. The minimum Gasteiger partial charge on any atom is -0.279 e. The zero-order chi connectivity index (χ0) is 15.6. The quantitative estimate of drug-likeness (QED) is 0.495. The van der Waals surface area contributed by atoms with Gasteiger partial charge in [0.1, 0.15) is 5.62 Å². The lowest BCUT2D eigenvalue weighted by atomic mass is 10.0. The van der Waals surface area contributed by atoms with Gasteiger partial charge in [-0.05, 0) is 28.0 Å². The van der Waals surface area contributed by atoms with Crippen LogP contribution in [0, 0.1) is 0 Å². The molecule has 3 nitrogen and oxygen atoms in total. The van der Waals surface area contributed by atoms with Crippen LogP contribution in [0.1, 0.15) is 23.5 Å².